The minimum atomic E-state index is -0.838. The number of aromatic nitrogens is 2. The number of amides is 2. The van der Waals surface area contributed by atoms with Crippen LogP contribution >= 0.6 is 0 Å². The molecule has 0 radical (unpaired) electrons. The molecule has 2 aromatic rings. The van der Waals surface area contributed by atoms with Gasteiger partial charge in [-0.15, -0.1) is 0 Å². The van der Waals surface area contributed by atoms with Gasteiger partial charge in [-0.05, 0) is 12.0 Å². The van der Waals surface area contributed by atoms with Crippen LogP contribution in [-0.2, 0) is 18.3 Å². The Balaban J connectivity index is 2.03. The van der Waals surface area contributed by atoms with Crippen molar-refractivity contribution in [1.82, 2.24) is 15.1 Å². The molecule has 7 heteroatoms. The number of carbonyl (C=O) groups is 2. The van der Waals surface area contributed by atoms with Gasteiger partial charge in [-0.2, -0.15) is 5.10 Å². The number of nitrogens with zero attached hydrogens (tertiary/aromatic N) is 2. The van der Waals surface area contributed by atoms with Gasteiger partial charge in [0.05, 0.1) is 0 Å². The molecule has 22 heavy (non-hydrogen) atoms. The standard InChI is InChI=1S/C15H17FN4O2/c1-17-15(22)13-12(16)14(20(2)19-13)18-11(21)9-8-10-6-4-3-5-7-10/h3-7H,8-9H2,1-2H3,(H,17,22)(H,18,21). The molecule has 0 saturated heterocycles. The number of benzene rings is 1. The lowest BCUT2D eigenvalue weighted by molar-refractivity contribution is -0.116. The second-order valence-corrected chi connectivity index (χ2v) is 4.75. The summed E-state index contributed by atoms with van der Waals surface area (Å²) in [6.07, 6.45) is 0.762. The Morgan fingerprint density at radius 3 is 2.59 bits per heavy atom. The average molecular weight is 304 g/mol. The van der Waals surface area contributed by atoms with Gasteiger partial charge in [0.25, 0.3) is 5.91 Å². The molecular formula is C15H17FN4O2. The third-order valence-corrected chi connectivity index (χ3v) is 3.17. The molecule has 0 fully saturated rings. The van der Waals surface area contributed by atoms with Gasteiger partial charge in [0.1, 0.15) is 0 Å². The number of hydrogen-bond donors (Lipinski definition) is 2. The SMILES string of the molecule is CNC(=O)c1nn(C)c(NC(=O)CCc2ccccc2)c1F. The van der Waals surface area contributed by atoms with Gasteiger partial charge in [-0.25, -0.2) is 9.07 Å². The second-order valence-electron chi connectivity index (χ2n) is 4.75. The van der Waals surface area contributed by atoms with Crippen LogP contribution in [0.15, 0.2) is 30.3 Å². The number of rotatable bonds is 5. The van der Waals surface area contributed by atoms with E-state index in [1.165, 1.54) is 14.1 Å². The fourth-order valence-corrected chi connectivity index (χ4v) is 1.99. The zero-order valence-electron chi connectivity index (χ0n) is 12.4. The van der Waals surface area contributed by atoms with Gasteiger partial charge in [0.15, 0.2) is 17.3 Å². The maximum absolute atomic E-state index is 14.1. The molecule has 1 aromatic heterocycles. The van der Waals surface area contributed by atoms with Crippen molar-refractivity contribution in [1.29, 1.82) is 0 Å². The minimum Gasteiger partial charge on any atom is -0.354 e. The predicted octanol–water partition coefficient (Wildman–Crippen LogP) is 1.49. The summed E-state index contributed by atoms with van der Waals surface area (Å²) in [5.74, 6) is -1.93. The number of aryl methyl sites for hydroxylation is 2. The highest BCUT2D eigenvalue weighted by atomic mass is 19.1. The van der Waals surface area contributed by atoms with Crippen LogP contribution < -0.4 is 10.6 Å². The lowest BCUT2D eigenvalue weighted by atomic mass is 10.1. The lowest BCUT2D eigenvalue weighted by Gasteiger charge is -2.05. The molecule has 0 spiro atoms. The van der Waals surface area contributed by atoms with E-state index in [4.69, 9.17) is 0 Å². The van der Waals surface area contributed by atoms with Gasteiger partial charge >= 0.3 is 0 Å². The largest absolute Gasteiger partial charge is 0.354 e. The van der Waals surface area contributed by atoms with E-state index >= 15 is 0 Å². The van der Waals surface area contributed by atoms with Crippen LogP contribution in [-0.4, -0.2) is 28.6 Å². The smallest absolute Gasteiger partial charge is 0.274 e. The quantitative estimate of drug-likeness (QED) is 0.878. The van der Waals surface area contributed by atoms with Crippen LogP contribution in [0.2, 0.25) is 0 Å². The Morgan fingerprint density at radius 1 is 1.27 bits per heavy atom. The lowest BCUT2D eigenvalue weighted by Crippen LogP contribution is -2.19. The molecule has 1 heterocycles. The molecule has 0 aliphatic rings. The first-order valence-electron chi connectivity index (χ1n) is 6.81. The van der Waals surface area contributed by atoms with Crippen LogP contribution in [0.25, 0.3) is 0 Å². The Kier molecular flexibility index (Phi) is 4.88. The van der Waals surface area contributed by atoms with Crippen molar-refractivity contribution in [3.05, 3.63) is 47.4 Å². The fourth-order valence-electron chi connectivity index (χ4n) is 1.99. The van der Waals surface area contributed by atoms with Crippen molar-refractivity contribution in [2.45, 2.75) is 12.8 Å². The van der Waals surface area contributed by atoms with E-state index in [0.29, 0.717) is 6.42 Å². The molecule has 0 bridgehead atoms. The van der Waals surface area contributed by atoms with Crippen molar-refractivity contribution in [3.63, 3.8) is 0 Å². The minimum absolute atomic E-state index is 0.114. The van der Waals surface area contributed by atoms with Gasteiger partial charge in [-0.3, -0.25) is 9.59 Å². The van der Waals surface area contributed by atoms with E-state index in [-0.39, 0.29) is 23.8 Å². The molecule has 0 unspecified atom stereocenters. The highest BCUT2D eigenvalue weighted by Crippen LogP contribution is 2.17. The molecule has 2 amide bonds. The fraction of sp³-hybridized carbons (Fsp3) is 0.267. The predicted molar refractivity (Wildman–Crippen MR) is 79.9 cm³/mol. The Labute approximate surface area is 127 Å². The summed E-state index contributed by atoms with van der Waals surface area (Å²) in [6.45, 7) is 0. The molecule has 2 N–H and O–H groups in total. The summed E-state index contributed by atoms with van der Waals surface area (Å²) in [5, 5.41) is 8.52. The van der Waals surface area contributed by atoms with Crippen molar-refractivity contribution in [3.8, 4) is 0 Å². The summed E-state index contributed by atoms with van der Waals surface area (Å²) in [6, 6.07) is 9.52. The van der Waals surface area contributed by atoms with Gasteiger partial charge in [0.2, 0.25) is 5.91 Å². The van der Waals surface area contributed by atoms with Gasteiger partial charge < -0.3 is 10.6 Å². The molecule has 6 nitrogen and oxygen atoms in total. The van der Waals surface area contributed by atoms with E-state index in [0.717, 1.165) is 10.2 Å². The van der Waals surface area contributed by atoms with Crippen molar-refractivity contribution >= 4 is 17.6 Å². The van der Waals surface area contributed by atoms with E-state index < -0.39 is 11.7 Å². The highest BCUT2D eigenvalue weighted by Gasteiger charge is 2.22. The molecule has 0 saturated carbocycles. The zero-order valence-corrected chi connectivity index (χ0v) is 12.4. The van der Waals surface area contributed by atoms with E-state index in [2.05, 4.69) is 15.7 Å². The van der Waals surface area contributed by atoms with Crippen molar-refractivity contribution < 1.29 is 14.0 Å². The van der Waals surface area contributed by atoms with Gasteiger partial charge in [0, 0.05) is 20.5 Å². The Hall–Kier alpha value is -2.70. The monoisotopic (exact) mass is 304 g/mol. The third-order valence-electron chi connectivity index (χ3n) is 3.17. The number of carbonyl (C=O) groups excluding carboxylic acids is 2. The maximum Gasteiger partial charge on any atom is 0.274 e. The van der Waals surface area contributed by atoms with E-state index in [9.17, 15) is 14.0 Å². The molecular weight excluding hydrogens is 287 g/mol. The van der Waals surface area contributed by atoms with Crippen molar-refractivity contribution in [2.75, 3.05) is 12.4 Å². The molecule has 0 aliphatic carbocycles. The summed E-state index contributed by atoms with van der Waals surface area (Å²) < 4.78 is 15.2. The van der Waals surface area contributed by atoms with Crippen LogP contribution in [0.3, 0.4) is 0 Å². The average Bonchev–Trinajstić information content (AvgIpc) is 2.81. The number of hydrogen-bond acceptors (Lipinski definition) is 3. The topological polar surface area (TPSA) is 76.0 Å². The van der Waals surface area contributed by atoms with Crippen LogP contribution in [0.5, 0.6) is 0 Å². The molecule has 2 rings (SSSR count). The van der Waals surface area contributed by atoms with E-state index in [1.807, 2.05) is 30.3 Å². The van der Waals surface area contributed by atoms with Crippen molar-refractivity contribution in [2.24, 2.45) is 7.05 Å². The number of halogens is 1. The first-order valence-corrected chi connectivity index (χ1v) is 6.81. The van der Waals surface area contributed by atoms with E-state index in [1.54, 1.807) is 0 Å². The maximum atomic E-state index is 14.1. The number of nitrogens with one attached hydrogen (secondary N) is 2. The molecule has 1 aromatic carbocycles. The second kappa shape index (κ2) is 6.84. The molecule has 0 aliphatic heterocycles. The Bertz CT molecular complexity index is 682. The molecule has 116 valence electrons. The summed E-state index contributed by atoms with van der Waals surface area (Å²) >= 11 is 0. The first kappa shape index (κ1) is 15.7. The highest BCUT2D eigenvalue weighted by molar-refractivity contribution is 5.95. The molecule has 0 atom stereocenters. The van der Waals surface area contributed by atoms with Crippen LogP contribution in [0.1, 0.15) is 22.5 Å². The summed E-state index contributed by atoms with van der Waals surface area (Å²) in [7, 11) is 2.84. The summed E-state index contributed by atoms with van der Waals surface area (Å²) in [4.78, 5) is 23.4. The zero-order chi connectivity index (χ0) is 16.1. The number of anilines is 1. The summed E-state index contributed by atoms with van der Waals surface area (Å²) in [5.41, 5.74) is 0.678. The normalized spacial score (nSPS) is 10.3. The van der Waals surface area contributed by atoms with Crippen LogP contribution in [0.4, 0.5) is 10.2 Å². The third kappa shape index (κ3) is 3.49. The van der Waals surface area contributed by atoms with Crippen LogP contribution in [0, 0.1) is 5.82 Å². The Morgan fingerprint density at radius 2 is 1.95 bits per heavy atom. The first-order chi connectivity index (χ1) is 10.5. The van der Waals surface area contributed by atoms with Gasteiger partial charge in [-0.1, -0.05) is 30.3 Å².